The van der Waals surface area contributed by atoms with Gasteiger partial charge < -0.3 is 14.8 Å². The summed E-state index contributed by atoms with van der Waals surface area (Å²) in [6.45, 7) is 1.82. The molecule has 29 heavy (non-hydrogen) atoms. The fraction of sp³-hybridized carbons (Fsp3) is 0.211. The smallest absolute Gasteiger partial charge is 0.469 e. The van der Waals surface area contributed by atoms with Gasteiger partial charge in [0.2, 0.25) is 0 Å². The minimum Gasteiger partial charge on any atom is -0.469 e. The number of aromatic nitrogens is 3. The first-order valence-corrected chi connectivity index (χ1v) is 8.45. The first-order valence-electron chi connectivity index (χ1n) is 8.45. The van der Waals surface area contributed by atoms with Crippen molar-refractivity contribution in [2.45, 2.75) is 19.7 Å². The number of esters is 1. The van der Waals surface area contributed by atoms with Gasteiger partial charge in [0.05, 0.1) is 24.9 Å². The van der Waals surface area contributed by atoms with Crippen molar-refractivity contribution >= 4 is 17.5 Å². The van der Waals surface area contributed by atoms with Gasteiger partial charge in [-0.05, 0) is 31.2 Å². The monoisotopic (exact) mass is 406 g/mol. The Hall–Kier alpha value is -3.56. The summed E-state index contributed by atoms with van der Waals surface area (Å²) in [6.07, 6.45) is -3.21. The number of ether oxygens (including phenoxy) is 2. The molecule has 1 N–H and O–H groups in total. The number of nitrogens with one attached hydrogen (secondary N) is 1. The lowest BCUT2D eigenvalue weighted by atomic mass is 10.2. The Morgan fingerprint density at radius 2 is 2.00 bits per heavy atom. The molecule has 1 aromatic carbocycles. The number of carbonyl (C=O) groups excluding carboxylic acids is 1. The molecule has 2 aromatic heterocycles. The summed E-state index contributed by atoms with van der Waals surface area (Å²) in [5.41, 5.74) is 2.31. The van der Waals surface area contributed by atoms with Crippen LogP contribution in [-0.4, -0.2) is 34.2 Å². The summed E-state index contributed by atoms with van der Waals surface area (Å²) in [6, 6.07) is 10.5. The van der Waals surface area contributed by atoms with Gasteiger partial charge in [0.25, 0.3) is 0 Å². The van der Waals surface area contributed by atoms with Crippen LogP contribution in [0.15, 0.2) is 48.7 Å². The highest BCUT2D eigenvalue weighted by Crippen LogP contribution is 2.27. The molecule has 0 saturated carbocycles. The van der Waals surface area contributed by atoms with E-state index in [1.54, 1.807) is 35.1 Å². The zero-order valence-electron chi connectivity index (χ0n) is 15.5. The summed E-state index contributed by atoms with van der Waals surface area (Å²) in [5, 5.41) is 7.33. The predicted molar refractivity (Wildman–Crippen MR) is 98.2 cm³/mol. The van der Waals surface area contributed by atoms with Gasteiger partial charge in [0, 0.05) is 29.7 Å². The number of alkyl halides is 3. The first-order chi connectivity index (χ1) is 13.7. The number of hydrogen-bond acceptors (Lipinski definition) is 6. The average molecular weight is 406 g/mol. The van der Waals surface area contributed by atoms with Gasteiger partial charge >= 0.3 is 12.3 Å². The minimum atomic E-state index is -4.78. The standard InChI is InChI=1S/C19H17F3N4O3/c1-12-8-14(6-7-23-12)26-15(11-18(27)28-2)10-17(25-26)24-13-4-3-5-16(9-13)29-19(20,21)22/h3-10H,11H2,1-2H3,(H,24,25). The van der Waals surface area contributed by atoms with E-state index in [1.807, 2.05) is 6.92 Å². The number of anilines is 2. The third kappa shape index (κ3) is 5.47. The van der Waals surface area contributed by atoms with E-state index >= 15 is 0 Å². The Morgan fingerprint density at radius 1 is 1.21 bits per heavy atom. The molecule has 10 heteroatoms. The Balaban J connectivity index is 1.91. The van der Waals surface area contributed by atoms with Crippen molar-refractivity contribution in [3.05, 3.63) is 60.0 Å². The first kappa shape index (κ1) is 20.2. The number of nitrogens with zero attached hydrogens (tertiary/aromatic N) is 3. The van der Waals surface area contributed by atoms with Crippen LogP contribution >= 0.6 is 0 Å². The molecule has 0 saturated heterocycles. The Bertz CT molecular complexity index is 1020. The van der Waals surface area contributed by atoms with Gasteiger partial charge in [0.15, 0.2) is 5.82 Å². The number of methoxy groups -OCH3 is 1. The van der Waals surface area contributed by atoms with E-state index < -0.39 is 12.3 Å². The lowest BCUT2D eigenvalue weighted by molar-refractivity contribution is -0.274. The number of hydrogen-bond donors (Lipinski definition) is 1. The van der Waals surface area contributed by atoms with E-state index in [2.05, 4.69) is 20.1 Å². The lowest BCUT2D eigenvalue weighted by Gasteiger charge is -2.10. The van der Waals surface area contributed by atoms with Crippen molar-refractivity contribution in [3.8, 4) is 11.4 Å². The summed E-state index contributed by atoms with van der Waals surface area (Å²) >= 11 is 0. The fourth-order valence-electron chi connectivity index (χ4n) is 2.63. The number of pyridine rings is 1. The van der Waals surface area contributed by atoms with Crippen LogP contribution in [0.25, 0.3) is 5.69 Å². The van der Waals surface area contributed by atoms with Gasteiger partial charge in [0.1, 0.15) is 5.75 Å². The number of rotatable bonds is 6. The van der Waals surface area contributed by atoms with Gasteiger partial charge in [-0.3, -0.25) is 9.78 Å². The highest BCUT2D eigenvalue weighted by molar-refractivity contribution is 5.73. The maximum absolute atomic E-state index is 12.4. The molecular formula is C19H17F3N4O3. The molecule has 0 spiro atoms. The normalized spacial score (nSPS) is 11.2. The molecule has 3 aromatic rings. The second-order valence-corrected chi connectivity index (χ2v) is 6.04. The SMILES string of the molecule is COC(=O)Cc1cc(Nc2cccc(OC(F)(F)F)c2)nn1-c1ccnc(C)c1. The summed E-state index contributed by atoms with van der Waals surface area (Å²) in [5.74, 6) is -0.479. The highest BCUT2D eigenvalue weighted by atomic mass is 19.4. The summed E-state index contributed by atoms with van der Waals surface area (Å²) < 4.78 is 47.5. The molecule has 0 amide bonds. The zero-order chi connectivity index (χ0) is 21.0. The van der Waals surface area contributed by atoms with Crippen molar-refractivity contribution < 1.29 is 27.4 Å². The maximum Gasteiger partial charge on any atom is 0.573 e. The van der Waals surface area contributed by atoms with Crippen molar-refractivity contribution in [2.24, 2.45) is 0 Å². The molecule has 0 bridgehead atoms. The molecule has 0 radical (unpaired) electrons. The molecule has 0 atom stereocenters. The van der Waals surface area contributed by atoms with E-state index in [0.717, 1.165) is 5.69 Å². The molecule has 0 aliphatic rings. The van der Waals surface area contributed by atoms with Crippen LogP contribution in [0, 0.1) is 6.92 Å². The average Bonchev–Trinajstić information content (AvgIpc) is 3.02. The van der Waals surface area contributed by atoms with Crippen LogP contribution < -0.4 is 10.1 Å². The molecule has 3 rings (SSSR count). The van der Waals surface area contributed by atoms with Gasteiger partial charge in [-0.15, -0.1) is 18.3 Å². The van der Waals surface area contributed by atoms with Gasteiger partial charge in [-0.2, -0.15) is 0 Å². The molecule has 2 heterocycles. The van der Waals surface area contributed by atoms with Gasteiger partial charge in [-0.25, -0.2) is 4.68 Å². The van der Waals surface area contributed by atoms with E-state index in [4.69, 9.17) is 4.74 Å². The Labute approximate surface area is 164 Å². The number of benzene rings is 1. The largest absolute Gasteiger partial charge is 0.573 e. The van der Waals surface area contributed by atoms with Crippen molar-refractivity contribution in [2.75, 3.05) is 12.4 Å². The molecule has 0 aliphatic carbocycles. The van der Waals surface area contributed by atoms with E-state index in [9.17, 15) is 18.0 Å². The third-order valence-corrected chi connectivity index (χ3v) is 3.80. The van der Waals surface area contributed by atoms with Crippen LogP contribution in [0.1, 0.15) is 11.4 Å². The highest BCUT2D eigenvalue weighted by Gasteiger charge is 2.31. The van der Waals surface area contributed by atoms with Crippen molar-refractivity contribution in [1.29, 1.82) is 0 Å². The Kier molecular flexibility index (Phi) is 5.71. The summed E-state index contributed by atoms with van der Waals surface area (Å²) in [7, 11) is 1.28. The number of halogens is 3. The second-order valence-electron chi connectivity index (χ2n) is 6.04. The van der Waals surface area contributed by atoms with Crippen LogP contribution in [0.5, 0.6) is 5.75 Å². The molecule has 0 aliphatic heterocycles. The fourth-order valence-corrected chi connectivity index (χ4v) is 2.63. The van der Waals surface area contributed by atoms with Crippen molar-refractivity contribution in [1.82, 2.24) is 14.8 Å². The molecule has 152 valence electrons. The minimum absolute atomic E-state index is 0.0379. The molecule has 0 unspecified atom stereocenters. The maximum atomic E-state index is 12.4. The van der Waals surface area contributed by atoms with E-state index in [0.29, 0.717) is 22.9 Å². The number of carbonyl (C=O) groups is 1. The quantitative estimate of drug-likeness (QED) is 0.625. The predicted octanol–water partition coefficient (Wildman–Crippen LogP) is 3.93. The number of aryl methyl sites for hydroxylation is 1. The van der Waals surface area contributed by atoms with Gasteiger partial charge in [-0.1, -0.05) is 6.07 Å². The summed E-state index contributed by atoms with van der Waals surface area (Å²) in [4.78, 5) is 15.9. The molecular weight excluding hydrogens is 389 g/mol. The van der Waals surface area contributed by atoms with Crippen LogP contribution in [-0.2, 0) is 16.0 Å². The lowest BCUT2D eigenvalue weighted by Crippen LogP contribution is -2.17. The van der Waals surface area contributed by atoms with Crippen LogP contribution in [0.2, 0.25) is 0 Å². The second kappa shape index (κ2) is 8.21. The topological polar surface area (TPSA) is 78.3 Å². The zero-order valence-corrected chi connectivity index (χ0v) is 15.5. The molecule has 7 nitrogen and oxygen atoms in total. The van der Waals surface area contributed by atoms with Crippen LogP contribution in [0.3, 0.4) is 0 Å². The van der Waals surface area contributed by atoms with Crippen molar-refractivity contribution in [3.63, 3.8) is 0 Å². The Morgan fingerprint density at radius 3 is 2.69 bits per heavy atom. The molecule has 0 fully saturated rings. The van der Waals surface area contributed by atoms with Crippen LogP contribution in [0.4, 0.5) is 24.7 Å². The van der Waals surface area contributed by atoms with E-state index in [1.165, 1.54) is 25.3 Å². The third-order valence-electron chi connectivity index (χ3n) is 3.80. The van der Waals surface area contributed by atoms with E-state index in [-0.39, 0.29) is 12.2 Å².